The third kappa shape index (κ3) is 3.27. The molecule has 3 aromatic rings. The summed E-state index contributed by atoms with van der Waals surface area (Å²) in [7, 11) is 0. The number of carbonyl (C=O) groups excluding carboxylic acids is 1. The van der Waals surface area contributed by atoms with Crippen LogP contribution in [0.4, 0.5) is 14.9 Å². The molecule has 2 aromatic carbocycles. The lowest BCUT2D eigenvalue weighted by molar-refractivity contribution is 0.220. The number of hydrogen-bond donors (Lipinski definition) is 1. The molecule has 2 heterocycles. The van der Waals surface area contributed by atoms with Gasteiger partial charge in [0, 0.05) is 18.8 Å². The predicted octanol–water partition coefficient (Wildman–Crippen LogP) is 4.70. The maximum absolute atomic E-state index is 14.4. The standard InChI is InChI=1S/C23H23FN4OS/c1-15-5-7-18(12-20(15)24)23(21-25-14-26-30-21)9-10-28(13-23)22(29)27-19-8-6-16-3-2-4-17(16)11-19/h5-8,11-12,14H,2-4,9-10,13H2,1H3,(H,27,29). The number of carbonyl (C=O) groups is 1. The van der Waals surface area contributed by atoms with Gasteiger partial charge in [-0.2, -0.15) is 4.37 Å². The molecule has 30 heavy (non-hydrogen) atoms. The molecule has 1 fully saturated rings. The average molecular weight is 423 g/mol. The minimum atomic E-state index is -0.537. The van der Waals surface area contributed by atoms with Crippen molar-refractivity contribution >= 4 is 23.3 Å². The number of nitrogens with one attached hydrogen (secondary N) is 1. The second-order valence-electron chi connectivity index (χ2n) is 8.23. The van der Waals surface area contributed by atoms with E-state index in [0.717, 1.165) is 29.1 Å². The van der Waals surface area contributed by atoms with Crippen molar-refractivity contribution in [3.05, 3.63) is 75.8 Å². The molecule has 0 saturated carbocycles. The van der Waals surface area contributed by atoms with E-state index in [2.05, 4.69) is 26.8 Å². The molecule has 7 heteroatoms. The first-order valence-corrected chi connectivity index (χ1v) is 11.0. The summed E-state index contributed by atoms with van der Waals surface area (Å²) in [5.74, 6) is -0.238. The number of aromatic nitrogens is 2. The van der Waals surface area contributed by atoms with Crippen LogP contribution in [0, 0.1) is 12.7 Å². The maximum atomic E-state index is 14.4. The van der Waals surface area contributed by atoms with Gasteiger partial charge in [-0.1, -0.05) is 18.2 Å². The van der Waals surface area contributed by atoms with Crippen LogP contribution in [0.2, 0.25) is 0 Å². The molecule has 154 valence electrons. The van der Waals surface area contributed by atoms with Crippen LogP contribution >= 0.6 is 11.5 Å². The van der Waals surface area contributed by atoms with E-state index in [1.54, 1.807) is 24.0 Å². The summed E-state index contributed by atoms with van der Waals surface area (Å²) in [6.45, 7) is 2.77. The Labute approximate surface area is 179 Å². The molecule has 1 aromatic heterocycles. The van der Waals surface area contributed by atoms with Gasteiger partial charge in [-0.15, -0.1) is 0 Å². The highest BCUT2D eigenvalue weighted by atomic mass is 32.1. The minimum Gasteiger partial charge on any atom is -0.323 e. The number of rotatable bonds is 3. The van der Waals surface area contributed by atoms with Gasteiger partial charge in [-0.05, 0) is 84.6 Å². The summed E-state index contributed by atoms with van der Waals surface area (Å²) in [6, 6.07) is 11.4. The Bertz CT molecular complexity index is 1100. The smallest absolute Gasteiger partial charge is 0.321 e. The van der Waals surface area contributed by atoms with Gasteiger partial charge < -0.3 is 10.2 Å². The van der Waals surface area contributed by atoms with Crippen molar-refractivity contribution in [3.63, 3.8) is 0 Å². The molecule has 1 aliphatic carbocycles. The van der Waals surface area contributed by atoms with Crippen molar-refractivity contribution in [2.24, 2.45) is 0 Å². The maximum Gasteiger partial charge on any atom is 0.321 e. The predicted molar refractivity (Wildman–Crippen MR) is 116 cm³/mol. The van der Waals surface area contributed by atoms with Crippen LogP contribution in [0.15, 0.2) is 42.7 Å². The van der Waals surface area contributed by atoms with Crippen molar-refractivity contribution in [2.75, 3.05) is 18.4 Å². The van der Waals surface area contributed by atoms with Crippen molar-refractivity contribution in [3.8, 4) is 0 Å². The van der Waals surface area contributed by atoms with Crippen LogP contribution in [0.25, 0.3) is 0 Å². The molecule has 2 amide bonds. The Morgan fingerprint density at radius 3 is 2.87 bits per heavy atom. The van der Waals surface area contributed by atoms with Crippen LogP contribution in [-0.4, -0.2) is 33.4 Å². The number of fused-ring (bicyclic) bond motifs is 1. The minimum absolute atomic E-state index is 0.132. The summed E-state index contributed by atoms with van der Waals surface area (Å²) >= 11 is 1.31. The van der Waals surface area contributed by atoms with Crippen LogP contribution in [0.5, 0.6) is 0 Å². The zero-order valence-corrected chi connectivity index (χ0v) is 17.6. The number of likely N-dealkylation sites (tertiary alicyclic amines) is 1. The molecule has 2 aliphatic rings. The average Bonchev–Trinajstić information content (AvgIpc) is 3.50. The van der Waals surface area contributed by atoms with Crippen LogP contribution < -0.4 is 5.32 Å². The lowest BCUT2D eigenvalue weighted by Gasteiger charge is -2.28. The van der Waals surface area contributed by atoms with E-state index in [9.17, 15) is 9.18 Å². The zero-order valence-electron chi connectivity index (χ0n) is 16.8. The molecule has 1 N–H and O–H groups in total. The second-order valence-corrected chi connectivity index (χ2v) is 9.01. The third-order valence-electron chi connectivity index (χ3n) is 6.40. The van der Waals surface area contributed by atoms with E-state index < -0.39 is 5.41 Å². The van der Waals surface area contributed by atoms with Gasteiger partial charge in [0.25, 0.3) is 0 Å². The second kappa shape index (κ2) is 7.47. The number of anilines is 1. The molecule has 0 bridgehead atoms. The number of hydrogen-bond acceptors (Lipinski definition) is 4. The molecule has 1 unspecified atom stereocenters. The van der Waals surface area contributed by atoms with Crippen LogP contribution in [-0.2, 0) is 18.3 Å². The van der Waals surface area contributed by atoms with Crippen LogP contribution in [0.1, 0.15) is 40.1 Å². The van der Waals surface area contributed by atoms with E-state index in [4.69, 9.17) is 0 Å². The van der Waals surface area contributed by atoms with Gasteiger partial charge in [0.1, 0.15) is 17.2 Å². The Morgan fingerprint density at radius 1 is 1.20 bits per heavy atom. The quantitative estimate of drug-likeness (QED) is 0.666. The molecule has 5 rings (SSSR count). The largest absolute Gasteiger partial charge is 0.323 e. The lowest BCUT2D eigenvalue weighted by Crippen LogP contribution is -2.37. The zero-order chi connectivity index (χ0) is 20.7. The van der Waals surface area contributed by atoms with E-state index >= 15 is 0 Å². The van der Waals surface area contributed by atoms with Gasteiger partial charge in [0.2, 0.25) is 0 Å². The molecule has 1 atom stereocenters. The first-order valence-electron chi connectivity index (χ1n) is 10.3. The van der Waals surface area contributed by atoms with Gasteiger partial charge >= 0.3 is 6.03 Å². The monoisotopic (exact) mass is 422 g/mol. The summed E-state index contributed by atoms with van der Waals surface area (Å²) in [5.41, 5.74) is 4.45. The summed E-state index contributed by atoms with van der Waals surface area (Å²) < 4.78 is 18.5. The molecule has 1 aliphatic heterocycles. The molecular weight excluding hydrogens is 399 g/mol. The fourth-order valence-electron chi connectivity index (χ4n) is 4.64. The normalized spacial score (nSPS) is 20.4. The highest BCUT2D eigenvalue weighted by Gasteiger charge is 2.45. The van der Waals surface area contributed by atoms with Crippen molar-refractivity contribution in [2.45, 2.75) is 38.0 Å². The van der Waals surface area contributed by atoms with Gasteiger partial charge in [0.15, 0.2) is 0 Å². The van der Waals surface area contributed by atoms with E-state index in [1.165, 1.54) is 35.4 Å². The summed E-state index contributed by atoms with van der Waals surface area (Å²) in [5, 5.41) is 3.87. The van der Waals surface area contributed by atoms with E-state index in [1.807, 2.05) is 12.1 Å². The van der Waals surface area contributed by atoms with Gasteiger partial charge in [0.05, 0.1) is 5.41 Å². The molecule has 5 nitrogen and oxygen atoms in total. The number of nitrogens with zero attached hydrogens (tertiary/aromatic N) is 3. The number of aryl methyl sites for hydroxylation is 3. The number of urea groups is 1. The Hall–Kier alpha value is -2.80. The Kier molecular flexibility index (Phi) is 4.77. The SMILES string of the molecule is Cc1ccc(C2(c3ncns3)CCN(C(=O)Nc3ccc4c(c3)CCC4)C2)cc1F. The van der Waals surface area contributed by atoms with Crippen molar-refractivity contribution in [1.29, 1.82) is 0 Å². The first-order chi connectivity index (χ1) is 14.5. The van der Waals surface area contributed by atoms with E-state index in [0.29, 0.717) is 25.1 Å². The Morgan fingerprint density at radius 2 is 2.07 bits per heavy atom. The highest BCUT2D eigenvalue weighted by molar-refractivity contribution is 7.05. The molecule has 0 spiro atoms. The summed E-state index contributed by atoms with van der Waals surface area (Å²) in [4.78, 5) is 19.3. The van der Waals surface area contributed by atoms with Crippen molar-refractivity contribution in [1.82, 2.24) is 14.3 Å². The highest BCUT2D eigenvalue weighted by Crippen LogP contribution is 2.42. The number of halogens is 1. The number of amides is 2. The molecule has 0 radical (unpaired) electrons. The topological polar surface area (TPSA) is 58.1 Å². The third-order valence-corrected chi connectivity index (χ3v) is 7.27. The lowest BCUT2D eigenvalue weighted by atomic mass is 9.80. The van der Waals surface area contributed by atoms with Gasteiger partial charge in [-0.25, -0.2) is 14.2 Å². The number of benzene rings is 2. The fourth-order valence-corrected chi connectivity index (χ4v) is 5.39. The van der Waals surface area contributed by atoms with E-state index in [-0.39, 0.29) is 11.8 Å². The molecule has 1 saturated heterocycles. The fraction of sp³-hybridized carbons (Fsp3) is 0.348. The first kappa shape index (κ1) is 19.2. The molecular formula is C23H23FN4OS. The van der Waals surface area contributed by atoms with Crippen LogP contribution in [0.3, 0.4) is 0 Å². The van der Waals surface area contributed by atoms with Gasteiger partial charge in [-0.3, -0.25) is 0 Å². The van der Waals surface area contributed by atoms with Crippen molar-refractivity contribution < 1.29 is 9.18 Å². The summed E-state index contributed by atoms with van der Waals surface area (Å²) in [6.07, 6.45) is 5.58. The Balaban J connectivity index is 1.40.